The van der Waals surface area contributed by atoms with Gasteiger partial charge >= 0.3 is 0 Å². The Kier molecular flexibility index (Phi) is 2.63. The van der Waals surface area contributed by atoms with Gasteiger partial charge < -0.3 is 5.73 Å². The van der Waals surface area contributed by atoms with Gasteiger partial charge in [-0.05, 0) is 18.1 Å². The molecule has 0 aromatic rings. The summed E-state index contributed by atoms with van der Waals surface area (Å²) in [4.78, 5) is 2.59. The van der Waals surface area contributed by atoms with E-state index in [2.05, 4.69) is 23.6 Å². The van der Waals surface area contributed by atoms with Gasteiger partial charge in [0.1, 0.15) is 0 Å². The second-order valence-electron chi connectivity index (χ2n) is 4.11. The van der Waals surface area contributed by atoms with E-state index < -0.39 is 0 Å². The van der Waals surface area contributed by atoms with Crippen LogP contribution in [0.1, 0.15) is 13.3 Å². The van der Waals surface area contributed by atoms with Crippen molar-refractivity contribution in [2.24, 2.45) is 11.7 Å². The Hall–Kier alpha value is 0.270. The van der Waals surface area contributed by atoms with Crippen LogP contribution in [0.4, 0.5) is 0 Å². The summed E-state index contributed by atoms with van der Waals surface area (Å²) >= 11 is 2.09. The Bertz CT molecular complexity index is 147. The highest BCUT2D eigenvalue weighted by molar-refractivity contribution is 7.99. The lowest BCUT2D eigenvalue weighted by molar-refractivity contribution is 0.255. The van der Waals surface area contributed by atoms with Crippen molar-refractivity contribution in [1.82, 2.24) is 4.90 Å². The lowest BCUT2D eigenvalue weighted by Crippen LogP contribution is -2.35. The van der Waals surface area contributed by atoms with Gasteiger partial charge in [-0.2, -0.15) is 11.8 Å². The second kappa shape index (κ2) is 3.56. The van der Waals surface area contributed by atoms with Crippen LogP contribution in [0.25, 0.3) is 0 Å². The summed E-state index contributed by atoms with van der Waals surface area (Å²) in [5, 5.41) is 0. The fraction of sp³-hybridized carbons (Fsp3) is 1.00. The Morgan fingerprint density at radius 1 is 1.42 bits per heavy atom. The highest BCUT2D eigenvalue weighted by Gasteiger charge is 2.32. The number of nitrogens with two attached hydrogens (primary N) is 1. The third-order valence-corrected chi connectivity index (χ3v) is 4.27. The van der Waals surface area contributed by atoms with Crippen LogP contribution in [0.3, 0.4) is 0 Å². The summed E-state index contributed by atoms with van der Waals surface area (Å²) in [5.41, 5.74) is 5.99. The van der Waals surface area contributed by atoms with Crippen LogP contribution in [0.5, 0.6) is 0 Å². The molecular weight excluding hydrogens is 168 g/mol. The molecule has 2 aliphatic rings. The SMILES string of the molecule is CC1CN(C2CCSC2)CC1N. The van der Waals surface area contributed by atoms with E-state index in [0.29, 0.717) is 12.0 Å². The van der Waals surface area contributed by atoms with E-state index in [-0.39, 0.29) is 0 Å². The number of thioether (sulfide) groups is 1. The number of nitrogens with zero attached hydrogens (tertiary/aromatic N) is 1. The van der Waals surface area contributed by atoms with Gasteiger partial charge in [0.25, 0.3) is 0 Å². The molecule has 0 aromatic heterocycles. The maximum atomic E-state index is 5.99. The first-order chi connectivity index (χ1) is 5.77. The summed E-state index contributed by atoms with van der Waals surface area (Å²) in [6, 6.07) is 1.27. The van der Waals surface area contributed by atoms with Gasteiger partial charge in [-0.25, -0.2) is 0 Å². The van der Waals surface area contributed by atoms with Crippen molar-refractivity contribution in [3.63, 3.8) is 0 Å². The number of hydrogen-bond donors (Lipinski definition) is 1. The van der Waals surface area contributed by atoms with Gasteiger partial charge in [0.05, 0.1) is 0 Å². The Morgan fingerprint density at radius 3 is 2.75 bits per heavy atom. The van der Waals surface area contributed by atoms with Gasteiger partial charge in [-0.15, -0.1) is 0 Å². The lowest BCUT2D eigenvalue weighted by Gasteiger charge is -2.22. The Labute approximate surface area is 78.9 Å². The summed E-state index contributed by atoms with van der Waals surface area (Å²) in [6.45, 7) is 4.63. The molecule has 2 N–H and O–H groups in total. The van der Waals surface area contributed by atoms with Crippen molar-refractivity contribution in [2.45, 2.75) is 25.4 Å². The minimum Gasteiger partial charge on any atom is -0.326 e. The Balaban J connectivity index is 1.89. The standard InChI is InChI=1S/C9H18N2S/c1-7-4-11(5-9(7)10)8-2-3-12-6-8/h7-9H,2-6,10H2,1H3. The molecule has 0 aliphatic carbocycles. The molecule has 3 atom stereocenters. The van der Waals surface area contributed by atoms with Gasteiger partial charge in [-0.3, -0.25) is 4.90 Å². The van der Waals surface area contributed by atoms with E-state index in [1.165, 1.54) is 24.5 Å². The van der Waals surface area contributed by atoms with E-state index in [1.807, 2.05) is 0 Å². The third kappa shape index (κ3) is 1.63. The van der Waals surface area contributed by atoms with Crippen LogP contribution in [0.15, 0.2) is 0 Å². The largest absolute Gasteiger partial charge is 0.326 e. The molecule has 2 aliphatic heterocycles. The molecule has 3 heteroatoms. The third-order valence-electron chi connectivity index (χ3n) is 3.12. The molecule has 2 saturated heterocycles. The van der Waals surface area contributed by atoms with Gasteiger partial charge in [0.2, 0.25) is 0 Å². The monoisotopic (exact) mass is 186 g/mol. The molecular formula is C9H18N2S. The average molecular weight is 186 g/mol. The van der Waals surface area contributed by atoms with Crippen molar-refractivity contribution in [3.8, 4) is 0 Å². The van der Waals surface area contributed by atoms with Gasteiger partial charge in [-0.1, -0.05) is 6.92 Å². The highest BCUT2D eigenvalue weighted by Crippen LogP contribution is 2.26. The topological polar surface area (TPSA) is 29.3 Å². The van der Waals surface area contributed by atoms with Crippen LogP contribution in [0, 0.1) is 5.92 Å². The molecule has 0 amide bonds. The van der Waals surface area contributed by atoms with Crippen molar-refractivity contribution in [3.05, 3.63) is 0 Å². The zero-order valence-corrected chi connectivity index (χ0v) is 8.52. The summed E-state index contributed by atoms with van der Waals surface area (Å²) in [7, 11) is 0. The average Bonchev–Trinajstić information content (AvgIpc) is 2.61. The van der Waals surface area contributed by atoms with E-state index in [4.69, 9.17) is 5.73 Å². The van der Waals surface area contributed by atoms with E-state index in [0.717, 1.165) is 12.6 Å². The number of hydrogen-bond acceptors (Lipinski definition) is 3. The van der Waals surface area contributed by atoms with E-state index in [9.17, 15) is 0 Å². The van der Waals surface area contributed by atoms with Crippen LogP contribution >= 0.6 is 11.8 Å². The summed E-state index contributed by atoms with van der Waals surface area (Å²) in [5.74, 6) is 3.39. The van der Waals surface area contributed by atoms with Crippen LogP contribution in [-0.2, 0) is 0 Å². The maximum Gasteiger partial charge on any atom is 0.0206 e. The fourth-order valence-corrected chi connectivity index (χ4v) is 3.39. The van der Waals surface area contributed by atoms with Crippen LogP contribution < -0.4 is 5.73 Å². The van der Waals surface area contributed by atoms with Crippen LogP contribution in [0.2, 0.25) is 0 Å². The molecule has 2 rings (SSSR count). The molecule has 0 aromatic carbocycles. The number of likely N-dealkylation sites (tertiary alicyclic amines) is 1. The molecule has 0 saturated carbocycles. The first-order valence-electron chi connectivity index (χ1n) is 4.85. The first-order valence-corrected chi connectivity index (χ1v) is 6.00. The van der Waals surface area contributed by atoms with Crippen molar-refractivity contribution < 1.29 is 0 Å². The summed E-state index contributed by atoms with van der Waals surface area (Å²) < 4.78 is 0. The molecule has 2 nitrogen and oxygen atoms in total. The number of rotatable bonds is 1. The molecule has 0 bridgehead atoms. The normalized spacial score (nSPS) is 44.0. The van der Waals surface area contributed by atoms with Gasteiger partial charge in [0.15, 0.2) is 0 Å². The molecule has 0 spiro atoms. The zero-order chi connectivity index (χ0) is 8.55. The van der Waals surface area contributed by atoms with E-state index in [1.54, 1.807) is 0 Å². The van der Waals surface area contributed by atoms with Crippen LogP contribution in [-0.4, -0.2) is 41.6 Å². The molecule has 70 valence electrons. The van der Waals surface area contributed by atoms with Crippen molar-refractivity contribution in [2.75, 3.05) is 24.6 Å². The minimum atomic E-state index is 0.426. The first kappa shape index (κ1) is 8.85. The smallest absolute Gasteiger partial charge is 0.0206 e. The predicted octanol–water partition coefficient (Wildman–Crippen LogP) is 0.771. The summed E-state index contributed by atoms with van der Waals surface area (Å²) in [6.07, 6.45) is 1.38. The molecule has 3 unspecified atom stereocenters. The second-order valence-corrected chi connectivity index (χ2v) is 5.26. The predicted molar refractivity (Wildman–Crippen MR) is 54.4 cm³/mol. The fourth-order valence-electron chi connectivity index (χ4n) is 2.14. The molecule has 2 heterocycles. The zero-order valence-electron chi connectivity index (χ0n) is 7.70. The van der Waals surface area contributed by atoms with Crippen molar-refractivity contribution >= 4 is 11.8 Å². The molecule has 0 radical (unpaired) electrons. The maximum absolute atomic E-state index is 5.99. The van der Waals surface area contributed by atoms with Crippen molar-refractivity contribution in [1.29, 1.82) is 0 Å². The quantitative estimate of drug-likeness (QED) is 0.656. The molecule has 2 fully saturated rings. The van der Waals surface area contributed by atoms with E-state index >= 15 is 0 Å². The van der Waals surface area contributed by atoms with Gasteiger partial charge in [0, 0.05) is 30.9 Å². The lowest BCUT2D eigenvalue weighted by atomic mass is 10.1. The molecule has 12 heavy (non-hydrogen) atoms. The Morgan fingerprint density at radius 2 is 2.25 bits per heavy atom. The minimum absolute atomic E-state index is 0.426. The highest BCUT2D eigenvalue weighted by atomic mass is 32.2.